The highest BCUT2D eigenvalue weighted by Crippen LogP contribution is 2.38. The van der Waals surface area contributed by atoms with E-state index in [1.165, 1.54) is 30.1 Å². The number of piperazine rings is 1. The van der Waals surface area contributed by atoms with Crippen molar-refractivity contribution in [1.82, 2.24) is 19.4 Å². The molecule has 2 aliphatic heterocycles. The highest BCUT2D eigenvalue weighted by Gasteiger charge is 2.50. The van der Waals surface area contributed by atoms with E-state index in [-0.39, 0.29) is 23.6 Å². The SMILES string of the molecule is CC(C)=CCN1c2c(n(C)c(=O)n(Cc3ccccc3F)c2=O)N(OC(=O)C(F)(F)F)C1N1CCNCC1. The van der Waals surface area contributed by atoms with E-state index >= 15 is 0 Å². The van der Waals surface area contributed by atoms with Gasteiger partial charge in [-0.1, -0.05) is 29.8 Å². The summed E-state index contributed by atoms with van der Waals surface area (Å²) in [5, 5.41) is 3.83. The molecule has 1 fully saturated rings. The predicted octanol–water partition coefficient (Wildman–Crippen LogP) is 1.54. The van der Waals surface area contributed by atoms with Crippen LogP contribution in [0.25, 0.3) is 0 Å². The molecule has 1 atom stereocenters. The molecule has 1 unspecified atom stereocenters. The number of fused-ring (bicyclic) bond motifs is 1. The minimum absolute atomic E-state index is 0.0666. The number of aromatic nitrogens is 2. The van der Waals surface area contributed by atoms with E-state index in [9.17, 15) is 31.9 Å². The minimum atomic E-state index is -5.32. The lowest BCUT2D eigenvalue weighted by atomic mass is 10.2. The van der Waals surface area contributed by atoms with Crippen LogP contribution in [0.5, 0.6) is 0 Å². The Hall–Kier alpha value is -3.65. The van der Waals surface area contributed by atoms with Gasteiger partial charge in [0.25, 0.3) is 5.56 Å². The second-order valence-electron chi connectivity index (χ2n) is 9.27. The van der Waals surface area contributed by atoms with Gasteiger partial charge in [-0.05, 0) is 19.9 Å². The summed E-state index contributed by atoms with van der Waals surface area (Å²) in [5.74, 6) is -3.41. The molecule has 2 aromatic rings. The lowest BCUT2D eigenvalue weighted by molar-refractivity contribution is -0.203. The van der Waals surface area contributed by atoms with Crippen molar-refractivity contribution in [3.8, 4) is 0 Å². The zero-order chi connectivity index (χ0) is 27.8. The third-order valence-corrected chi connectivity index (χ3v) is 6.35. The Labute approximate surface area is 215 Å². The fourth-order valence-corrected chi connectivity index (χ4v) is 4.49. The number of alkyl halides is 3. The van der Waals surface area contributed by atoms with Gasteiger partial charge in [0.05, 0.1) is 6.54 Å². The van der Waals surface area contributed by atoms with Gasteiger partial charge in [-0.2, -0.15) is 13.2 Å². The van der Waals surface area contributed by atoms with Gasteiger partial charge in [-0.15, -0.1) is 5.06 Å². The lowest BCUT2D eigenvalue weighted by Crippen LogP contribution is -2.61. The van der Waals surface area contributed by atoms with E-state index in [0.29, 0.717) is 31.2 Å². The Kier molecular flexibility index (Phi) is 7.65. The zero-order valence-electron chi connectivity index (χ0n) is 21.1. The second-order valence-corrected chi connectivity index (χ2v) is 9.27. The molecule has 0 bridgehead atoms. The van der Waals surface area contributed by atoms with Crippen LogP contribution in [0.3, 0.4) is 0 Å². The molecule has 14 heteroatoms. The van der Waals surface area contributed by atoms with Gasteiger partial charge in [-0.25, -0.2) is 14.0 Å². The van der Waals surface area contributed by atoms with Crippen molar-refractivity contribution in [3.63, 3.8) is 0 Å². The average Bonchev–Trinajstić information content (AvgIpc) is 3.19. The number of nitrogens with one attached hydrogen (secondary N) is 1. The number of anilines is 2. The monoisotopic (exact) mass is 540 g/mol. The number of carbonyl (C=O) groups excluding carboxylic acids is 1. The second kappa shape index (κ2) is 10.6. The number of halogens is 4. The van der Waals surface area contributed by atoms with Crippen LogP contribution < -0.4 is 26.5 Å². The molecule has 1 N–H and O–H groups in total. The van der Waals surface area contributed by atoms with Crippen LogP contribution >= 0.6 is 0 Å². The first-order chi connectivity index (χ1) is 17.9. The van der Waals surface area contributed by atoms with E-state index in [2.05, 4.69) is 5.32 Å². The third kappa shape index (κ3) is 5.18. The summed E-state index contributed by atoms with van der Waals surface area (Å²) < 4.78 is 56.0. The smallest absolute Gasteiger partial charge is 0.327 e. The fraction of sp³-hybridized carbons (Fsp3) is 0.458. The van der Waals surface area contributed by atoms with Crippen LogP contribution in [0.2, 0.25) is 0 Å². The minimum Gasteiger partial charge on any atom is -0.327 e. The number of carbonyl (C=O) groups is 1. The molecule has 1 aromatic heterocycles. The maximum absolute atomic E-state index is 14.4. The number of rotatable bonds is 6. The van der Waals surface area contributed by atoms with Crippen LogP contribution in [0.1, 0.15) is 19.4 Å². The molecule has 206 valence electrons. The van der Waals surface area contributed by atoms with Crippen molar-refractivity contribution in [2.75, 3.05) is 42.7 Å². The van der Waals surface area contributed by atoms with E-state index < -0.39 is 42.0 Å². The molecular formula is C24H28F4N6O4. The summed E-state index contributed by atoms with van der Waals surface area (Å²) in [4.78, 5) is 47.2. The summed E-state index contributed by atoms with van der Waals surface area (Å²) in [7, 11) is 1.26. The Morgan fingerprint density at radius 3 is 2.42 bits per heavy atom. The van der Waals surface area contributed by atoms with Crippen LogP contribution in [-0.2, 0) is 23.2 Å². The van der Waals surface area contributed by atoms with Crippen molar-refractivity contribution in [1.29, 1.82) is 0 Å². The maximum Gasteiger partial charge on any atom is 0.493 e. The van der Waals surface area contributed by atoms with Gasteiger partial charge in [-0.3, -0.25) is 18.8 Å². The molecule has 0 spiro atoms. The van der Waals surface area contributed by atoms with Crippen molar-refractivity contribution >= 4 is 17.5 Å². The Morgan fingerprint density at radius 2 is 1.82 bits per heavy atom. The first-order valence-corrected chi connectivity index (χ1v) is 11.9. The molecule has 10 nitrogen and oxygen atoms in total. The average molecular weight is 541 g/mol. The molecule has 1 aromatic carbocycles. The Morgan fingerprint density at radius 1 is 1.16 bits per heavy atom. The number of hydroxylamine groups is 1. The van der Waals surface area contributed by atoms with Gasteiger partial charge in [0.2, 0.25) is 0 Å². The standard InChI is InChI=1S/C24H28F4N6O4/c1-15(2)8-11-32-18-19(30(3)23(37)33(20(18)35)14-16-6-4-5-7-17(16)25)34(38-21(36)24(26,27)28)22(32)31-12-9-29-10-13-31/h4-8,22,29H,9-14H2,1-3H3. The van der Waals surface area contributed by atoms with Crippen LogP contribution in [0.15, 0.2) is 45.5 Å². The first-order valence-electron chi connectivity index (χ1n) is 11.9. The lowest BCUT2D eigenvalue weighted by Gasteiger charge is -2.40. The van der Waals surface area contributed by atoms with Gasteiger partial charge < -0.3 is 15.1 Å². The number of nitrogens with zero attached hydrogens (tertiary/aromatic N) is 5. The number of allylic oxidation sites excluding steroid dienone is 1. The van der Waals surface area contributed by atoms with Crippen LogP contribution in [0, 0.1) is 5.82 Å². The topological polar surface area (TPSA) is 92.0 Å². The van der Waals surface area contributed by atoms with Gasteiger partial charge in [0, 0.05) is 45.3 Å². The molecule has 1 saturated heterocycles. The van der Waals surface area contributed by atoms with Crippen LogP contribution in [0.4, 0.5) is 29.1 Å². The third-order valence-electron chi connectivity index (χ3n) is 6.35. The van der Waals surface area contributed by atoms with Gasteiger partial charge >= 0.3 is 17.8 Å². The summed E-state index contributed by atoms with van der Waals surface area (Å²) in [6.07, 6.45) is -4.70. The van der Waals surface area contributed by atoms with Crippen molar-refractivity contribution in [3.05, 3.63) is 68.1 Å². The zero-order valence-corrected chi connectivity index (χ0v) is 21.1. The molecule has 0 saturated carbocycles. The quantitative estimate of drug-likeness (QED) is 0.436. The van der Waals surface area contributed by atoms with Crippen molar-refractivity contribution < 1.29 is 27.2 Å². The predicted molar refractivity (Wildman–Crippen MR) is 131 cm³/mol. The molecule has 3 heterocycles. The molecule has 4 rings (SSSR count). The van der Waals surface area contributed by atoms with E-state index in [4.69, 9.17) is 4.84 Å². The van der Waals surface area contributed by atoms with Crippen LogP contribution in [-0.4, -0.2) is 65.2 Å². The normalized spacial score (nSPS) is 17.9. The molecule has 2 aliphatic rings. The number of benzene rings is 1. The fourth-order valence-electron chi connectivity index (χ4n) is 4.49. The highest BCUT2D eigenvalue weighted by atomic mass is 19.4. The maximum atomic E-state index is 14.4. The highest BCUT2D eigenvalue weighted by molar-refractivity contribution is 5.80. The first kappa shape index (κ1) is 27.4. The molecule has 0 aliphatic carbocycles. The van der Waals surface area contributed by atoms with E-state index in [1.54, 1.807) is 17.0 Å². The molecule has 0 radical (unpaired) electrons. The van der Waals surface area contributed by atoms with Crippen molar-refractivity contribution in [2.45, 2.75) is 32.9 Å². The van der Waals surface area contributed by atoms with Gasteiger partial charge in [0.1, 0.15) is 5.82 Å². The van der Waals surface area contributed by atoms with Gasteiger partial charge in [0.15, 0.2) is 17.8 Å². The van der Waals surface area contributed by atoms with E-state index in [1.807, 2.05) is 13.8 Å². The Bertz CT molecular complexity index is 1360. The molecule has 38 heavy (non-hydrogen) atoms. The largest absolute Gasteiger partial charge is 0.493 e. The molecular weight excluding hydrogens is 512 g/mol. The summed E-state index contributed by atoms with van der Waals surface area (Å²) in [6.45, 7) is 5.02. The summed E-state index contributed by atoms with van der Waals surface area (Å²) in [5.41, 5.74) is -0.945. The number of hydrogen-bond donors (Lipinski definition) is 1. The van der Waals surface area contributed by atoms with Crippen molar-refractivity contribution in [2.24, 2.45) is 7.05 Å². The number of hydrogen-bond acceptors (Lipinski definition) is 8. The summed E-state index contributed by atoms with van der Waals surface area (Å²) >= 11 is 0. The Balaban J connectivity index is 1.93. The summed E-state index contributed by atoms with van der Waals surface area (Å²) in [6, 6.07) is 5.64. The molecule has 0 amide bonds. The van der Waals surface area contributed by atoms with E-state index in [0.717, 1.165) is 14.7 Å².